The normalized spacial score (nSPS) is 10.6. The average Bonchev–Trinajstić information content (AvgIpc) is 2.89. The predicted octanol–water partition coefficient (Wildman–Crippen LogP) is 3.86. The van der Waals surface area contributed by atoms with Gasteiger partial charge in [-0.15, -0.1) is 0 Å². The molecule has 0 radical (unpaired) electrons. The molecule has 0 aliphatic heterocycles. The minimum atomic E-state index is -0.340. The topological polar surface area (TPSA) is 21.3 Å². The Morgan fingerprint density at radius 3 is 2.89 bits per heavy atom. The van der Waals surface area contributed by atoms with Crippen molar-refractivity contribution in [2.24, 2.45) is 0 Å². The van der Waals surface area contributed by atoms with Gasteiger partial charge in [0.25, 0.3) is 0 Å². The molecule has 0 saturated heterocycles. The molecule has 0 aliphatic rings. The highest BCUT2D eigenvalue weighted by Crippen LogP contribution is 2.21. The van der Waals surface area contributed by atoms with E-state index in [1.165, 1.54) is 11.6 Å². The van der Waals surface area contributed by atoms with Crippen molar-refractivity contribution in [2.75, 3.05) is 19.7 Å². The Morgan fingerprint density at radius 1 is 1.26 bits per heavy atom. The first kappa shape index (κ1) is 14.5. The molecule has 0 saturated carbocycles. The number of benzene rings is 1. The SMILES string of the molecule is Fc1cc(Br)ccc1OCCNCCc1ccsc1. The molecule has 102 valence electrons. The van der Waals surface area contributed by atoms with E-state index >= 15 is 0 Å². The van der Waals surface area contributed by atoms with Gasteiger partial charge >= 0.3 is 0 Å². The summed E-state index contributed by atoms with van der Waals surface area (Å²) >= 11 is 4.92. The summed E-state index contributed by atoms with van der Waals surface area (Å²) in [5, 5.41) is 7.50. The van der Waals surface area contributed by atoms with E-state index in [1.54, 1.807) is 23.5 Å². The summed E-state index contributed by atoms with van der Waals surface area (Å²) in [6, 6.07) is 6.92. The first-order valence-corrected chi connectivity index (χ1v) is 7.79. The molecule has 2 nitrogen and oxygen atoms in total. The van der Waals surface area contributed by atoms with Crippen LogP contribution >= 0.6 is 27.3 Å². The van der Waals surface area contributed by atoms with Crippen molar-refractivity contribution in [1.29, 1.82) is 0 Å². The molecule has 0 spiro atoms. The highest BCUT2D eigenvalue weighted by molar-refractivity contribution is 9.10. The highest BCUT2D eigenvalue weighted by Gasteiger charge is 2.03. The zero-order valence-electron chi connectivity index (χ0n) is 10.4. The Morgan fingerprint density at radius 2 is 2.16 bits per heavy atom. The molecule has 0 atom stereocenters. The maximum absolute atomic E-state index is 13.4. The second kappa shape index (κ2) is 7.62. The van der Waals surface area contributed by atoms with E-state index in [-0.39, 0.29) is 5.82 Å². The van der Waals surface area contributed by atoms with Gasteiger partial charge in [0.1, 0.15) is 6.61 Å². The zero-order valence-corrected chi connectivity index (χ0v) is 12.8. The van der Waals surface area contributed by atoms with E-state index < -0.39 is 0 Å². The number of hydrogen-bond donors (Lipinski definition) is 1. The maximum atomic E-state index is 13.4. The molecule has 0 amide bonds. The van der Waals surface area contributed by atoms with Crippen LogP contribution < -0.4 is 10.1 Å². The lowest BCUT2D eigenvalue weighted by atomic mass is 10.2. The Balaban J connectivity index is 1.61. The summed E-state index contributed by atoms with van der Waals surface area (Å²) in [5.41, 5.74) is 1.34. The Kier molecular flexibility index (Phi) is 5.82. The van der Waals surface area contributed by atoms with Gasteiger partial charge in [0, 0.05) is 11.0 Å². The summed E-state index contributed by atoms with van der Waals surface area (Å²) in [4.78, 5) is 0. The standard InChI is InChI=1S/C14H15BrFNOS/c15-12-1-2-14(13(16)9-12)18-7-6-17-5-3-11-4-8-19-10-11/h1-2,4,8-10,17H,3,5-7H2. The van der Waals surface area contributed by atoms with Crippen molar-refractivity contribution in [3.8, 4) is 5.75 Å². The van der Waals surface area contributed by atoms with Gasteiger partial charge in [0.05, 0.1) is 0 Å². The summed E-state index contributed by atoms with van der Waals surface area (Å²) in [6.45, 7) is 2.07. The number of halogens is 2. The van der Waals surface area contributed by atoms with Crippen LogP contribution in [0.3, 0.4) is 0 Å². The van der Waals surface area contributed by atoms with E-state index in [0.29, 0.717) is 23.4 Å². The lowest BCUT2D eigenvalue weighted by Gasteiger charge is -2.08. The molecule has 2 aromatic rings. The fourth-order valence-electron chi connectivity index (χ4n) is 1.62. The Labute approximate surface area is 124 Å². The largest absolute Gasteiger partial charge is 0.489 e. The molecule has 0 bridgehead atoms. The van der Waals surface area contributed by atoms with Gasteiger partial charge in [0.15, 0.2) is 11.6 Å². The smallest absolute Gasteiger partial charge is 0.166 e. The summed E-state index contributed by atoms with van der Waals surface area (Å²) in [6.07, 6.45) is 1.01. The minimum absolute atomic E-state index is 0.294. The molecular formula is C14H15BrFNOS. The lowest BCUT2D eigenvalue weighted by molar-refractivity contribution is 0.299. The van der Waals surface area contributed by atoms with Crippen LogP contribution in [-0.4, -0.2) is 19.7 Å². The number of ether oxygens (including phenoxy) is 1. The van der Waals surface area contributed by atoms with Gasteiger partial charge in [-0.3, -0.25) is 0 Å². The summed E-state index contributed by atoms with van der Waals surface area (Å²) < 4.78 is 19.5. The van der Waals surface area contributed by atoms with Crippen LogP contribution in [0.1, 0.15) is 5.56 Å². The molecule has 1 heterocycles. The van der Waals surface area contributed by atoms with Crippen LogP contribution in [0.2, 0.25) is 0 Å². The van der Waals surface area contributed by atoms with Crippen LogP contribution in [0.4, 0.5) is 4.39 Å². The van der Waals surface area contributed by atoms with Gasteiger partial charge in [-0.25, -0.2) is 4.39 Å². The van der Waals surface area contributed by atoms with Crippen molar-refractivity contribution in [3.05, 3.63) is 50.9 Å². The fraction of sp³-hybridized carbons (Fsp3) is 0.286. The summed E-state index contributed by atoms with van der Waals surface area (Å²) in [7, 11) is 0. The van der Waals surface area contributed by atoms with Crippen LogP contribution in [0.5, 0.6) is 5.75 Å². The molecule has 2 rings (SSSR count). The maximum Gasteiger partial charge on any atom is 0.166 e. The average molecular weight is 344 g/mol. The third-order valence-electron chi connectivity index (χ3n) is 2.60. The van der Waals surface area contributed by atoms with Crippen LogP contribution in [0.25, 0.3) is 0 Å². The zero-order chi connectivity index (χ0) is 13.5. The van der Waals surface area contributed by atoms with Crippen molar-refractivity contribution >= 4 is 27.3 Å². The quantitative estimate of drug-likeness (QED) is 0.770. The molecule has 19 heavy (non-hydrogen) atoms. The summed E-state index contributed by atoms with van der Waals surface area (Å²) in [5.74, 6) is -0.0458. The molecular weight excluding hydrogens is 329 g/mol. The molecule has 0 unspecified atom stereocenters. The van der Waals surface area contributed by atoms with E-state index in [0.717, 1.165) is 13.0 Å². The minimum Gasteiger partial charge on any atom is -0.489 e. The third-order valence-corrected chi connectivity index (χ3v) is 3.83. The van der Waals surface area contributed by atoms with Crippen molar-refractivity contribution in [3.63, 3.8) is 0 Å². The van der Waals surface area contributed by atoms with Crippen LogP contribution in [0.15, 0.2) is 39.5 Å². The predicted molar refractivity (Wildman–Crippen MR) is 80.5 cm³/mol. The molecule has 1 aromatic carbocycles. The molecule has 0 aliphatic carbocycles. The van der Waals surface area contributed by atoms with Gasteiger partial charge in [-0.1, -0.05) is 15.9 Å². The van der Waals surface area contributed by atoms with Gasteiger partial charge in [0.2, 0.25) is 0 Å². The monoisotopic (exact) mass is 343 g/mol. The second-order valence-corrected chi connectivity index (χ2v) is 5.75. The van der Waals surface area contributed by atoms with E-state index in [1.807, 2.05) is 0 Å². The van der Waals surface area contributed by atoms with E-state index in [9.17, 15) is 4.39 Å². The number of thiophene rings is 1. The third kappa shape index (κ3) is 4.93. The van der Waals surface area contributed by atoms with Gasteiger partial charge in [-0.2, -0.15) is 11.3 Å². The van der Waals surface area contributed by atoms with Crippen LogP contribution in [0, 0.1) is 5.82 Å². The molecule has 5 heteroatoms. The van der Waals surface area contributed by atoms with Crippen molar-refractivity contribution in [1.82, 2.24) is 5.32 Å². The molecule has 1 N–H and O–H groups in total. The number of nitrogens with one attached hydrogen (secondary N) is 1. The highest BCUT2D eigenvalue weighted by atomic mass is 79.9. The molecule has 1 aromatic heterocycles. The molecule has 0 fully saturated rings. The van der Waals surface area contributed by atoms with Gasteiger partial charge in [-0.05, 0) is 53.6 Å². The first-order chi connectivity index (χ1) is 9.25. The van der Waals surface area contributed by atoms with Gasteiger partial charge < -0.3 is 10.1 Å². The lowest BCUT2D eigenvalue weighted by Crippen LogP contribution is -2.23. The van der Waals surface area contributed by atoms with Crippen molar-refractivity contribution < 1.29 is 9.13 Å². The Hall–Kier alpha value is -0.910. The first-order valence-electron chi connectivity index (χ1n) is 6.05. The second-order valence-electron chi connectivity index (χ2n) is 4.05. The number of rotatable bonds is 7. The van der Waals surface area contributed by atoms with E-state index in [2.05, 4.69) is 38.1 Å². The van der Waals surface area contributed by atoms with Crippen LogP contribution in [-0.2, 0) is 6.42 Å². The Bertz CT molecular complexity index is 504. The van der Waals surface area contributed by atoms with Crippen molar-refractivity contribution in [2.45, 2.75) is 6.42 Å². The number of hydrogen-bond acceptors (Lipinski definition) is 3. The fourth-order valence-corrected chi connectivity index (χ4v) is 2.65. The van der Waals surface area contributed by atoms with E-state index in [4.69, 9.17) is 4.74 Å².